The van der Waals surface area contributed by atoms with Crippen LogP contribution in [0.1, 0.15) is 25.0 Å². The van der Waals surface area contributed by atoms with Crippen molar-refractivity contribution in [1.29, 1.82) is 0 Å². The van der Waals surface area contributed by atoms with Crippen molar-refractivity contribution in [2.75, 3.05) is 25.2 Å². The molecule has 0 spiro atoms. The smallest absolute Gasteiger partial charge is 0.228 e. The molecule has 6 nitrogen and oxygen atoms in total. The Morgan fingerprint density at radius 3 is 2.78 bits per heavy atom. The van der Waals surface area contributed by atoms with Crippen LogP contribution in [-0.4, -0.2) is 55.4 Å². The van der Waals surface area contributed by atoms with Gasteiger partial charge in [0.25, 0.3) is 0 Å². The third-order valence-corrected chi connectivity index (χ3v) is 6.29. The molecule has 3 rings (SSSR count). The van der Waals surface area contributed by atoms with Crippen molar-refractivity contribution in [3.8, 4) is 5.75 Å². The number of hydrogen-bond acceptors (Lipinski definition) is 5. The van der Waals surface area contributed by atoms with E-state index in [2.05, 4.69) is 4.98 Å². The summed E-state index contributed by atoms with van der Waals surface area (Å²) in [5.41, 5.74) is 0.678. The first-order valence-electron chi connectivity index (χ1n) is 7.97. The molecule has 0 aromatic carbocycles. The van der Waals surface area contributed by atoms with E-state index in [0.29, 0.717) is 30.3 Å². The van der Waals surface area contributed by atoms with Gasteiger partial charge in [0.15, 0.2) is 9.84 Å². The van der Waals surface area contributed by atoms with E-state index >= 15 is 0 Å². The summed E-state index contributed by atoms with van der Waals surface area (Å²) in [5.74, 6) is 1.26. The Kier molecular flexibility index (Phi) is 4.57. The molecule has 126 valence electrons. The lowest BCUT2D eigenvalue weighted by atomic mass is 10.1. The number of carbonyl (C=O) groups is 1. The second-order valence-electron chi connectivity index (χ2n) is 6.33. The van der Waals surface area contributed by atoms with Crippen LogP contribution in [-0.2, 0) is 21.1 Å². The van der Waals surface area contributed by atoms with Crippen LogP contribution in [0, 0.1) is 5.92 Å². The van der Waals surface area contributed by atoms with Gasteiger partial charge in [-0.15, -0.1) is 0 Å². The molecule has 1 aromatic heterocycles. The Morgan fingerprint density at radius 1 is 1.39 bits per heavy atom. The van der Waals surface area contributed by atoms with Gasteiger partial charge in [-0.1, -0.05) is 0 Å². The number of amides is 1. The highest BCUT2D eigenvalue weighted by atomic mass is 32.2. The van der Waals surface area contributed by atoms with Crippen molar-refractivity contribution in [3.05, 3.63) is 24.0 Å². The van der Waals surface area contributed by atoms with E-state index in [1.807, 2.05) is 0 Å². The summed E-state index contributed by atoms with van der Waals surface area (Å²) in [7, 11) is -1.48. The monoisotopic (exact) mass is 338 g/mol. The van der Waals surface area contributed by atoms with Crippen molar-refractivity contribution < 1.29 is 17.9 Å². The van der Waals surface area contributed by atoms with E-state index in [9.17, 15) is 13.2 Å². The lowest BCUT2D eigenvalue weighted by Gasteiger charge is -2.29. The first kappa shape index (κ1) is 16.2. The SMILES string of the molecule is COc1ccc(CC(=O)N2CCCS(=O)(=O)C[C@H]2C2CC2)nc1. The van der Waals surface area contributed by atoms with Crippen LogP contribution in [0.2, 0.25) is 0 Å². The van der Waals surface area contributed by atoms with E-state index in [-0.39, 0.29) is 29.9 Å². The van der Waals surface area contributed by atoms with Gasteiger partial charge in [0.1, 0.15) is 5.75 Å². The minimum absolute atomic E-state index is 0.0309. The van der Waals surface area contributed by atoms with Gasteiger partial charge < -0.3 is 9.64 Å². The summed E-state index contributed by atoms with van der Waals surface area (Å²) in [5, 5.41) is 0. The van der Waals surface area contributed by atoms with E-state index in [0.717, 1.165) is 12.8 Å². The minimum atomic E-state index is -3.05. The molecule has 0 unspecified atom stereocenters. The summed E-state index contributed by atoms with van der Waals surface area (Å²) in [6.45, 7) is 0.523. The van der Waals surface area contributed by atoms with Gasteiger partial charge in [-0.2, -0.15) is 0 Å². The lowest BCUT2D eigenvalue weighted by molar-refractivity contribution is -0.132. The number of ether oxygens (including phenoxy) is 1. The van der Waals surface area contributed by atoms with Gasteiger partial charge in [-0.25, -0.2) is 8.42 Å². The van der Waals surface area contributed by atoms with Crippen molar-refractivity contribution >= 4 is 15.7 Å². The number of hydrogen-bond donors (Lipinski definition) is 0. The van der Waals surface area contributed by atoms with Gasteiger partial charge in [-0.05, 0) is 37.3 Å². The van der Waals surface area contributed by atoms with Gasteiger partial charge in [0, 0.05) is 18.3 Å². The summed E-state index contributed by atoms with van der Waals surface area (Å²) in [6, 6.07) is 3.39. The fourth-order valence-electron chi connectivity index (χ4n) is 3.13. The van der Waals surface area contributed by atoms with E-state index < -0.39 is 9.84 Å². The molecule has 0 radical (unpaired) electrons. The predicted molar refractivity (Wildman–Crippen MR) is 86.0 cm³/mol. The van der Waals surface area contributed by atoms with Crippen LogP contribution in [0.25, 0.3) is 0 Å². The number of pyridine rings is 1. The van der Waals surface area contributed by atoms with Gasteiger partial charge in [0.2, 0.25) is 5.91 Å². The average molecular weight is 338 g/mol. The van der Waals surface area contributed by atoms with Crippen LogP contribution in [0.3, 0.4) is 0 Å². The summed E-state index contributed by atoms with van der Waals surface area (Å²) in [4.78, 5) is 18.7. The highest BCUT2D eigenvalue weighted by Crippen LogP contribution is 2.37. The van der Waals surface area contributed by atoms with Crippen LogP contribution in [0.15, 0.2) is 18.3 Å². The molecule has 1 aromatic rings. The molecular formula is C16H22N2O4S. The molecule has 2 aliphatic rings. The number of carbonyl (C=O) groups excluding carboxylic acids is 1. The van der Waals surface area contributed by atoms with Crippen LogP contribution < -0.4 is 4.74 Å². The molecule has 1 aliphatic carbocycles. The number of aromatic nitrogens is 1. The molecule has 1 atom stereocenters. The fourth-order valence-corrected chi connectivity index (χ4v) is 4.84. The van der Waals surface area contributed by atoms with Crippen LogP contribution in [0.5, 0.6) is 5.75 Å². The second-order valence-corrected chi connectivity index (χ2v) is 8.55. The number of rotatable bonds is 4. The molecule has 2 heterocycles. The predicted octanol–water partition coefficient (Wildman–Crippen LogP) is 1.06. The topological polar surface area (TPSA) is 76.6 Å². The zero-order valence-electron chi connectivity index (χ0n) is 13.3. The molecule has 1 amide bonds. The standard InChI is InChI=1S/C16H22N2O4S/c1-22-14-6-5-13(17-10-14)9-16(19)18-7-2-8-23(20,21)11-15(18)12-3-4-12/h5-6,10,12,15H,2-4,7-9,11H2,1H3/t15-/m0/s1. The van der Waals surface area contributed by atoms with E-state index in [4.69, 9.17) is 4.74 Å². The maximum absolute atomic E-state index is 12.7. The fraction of sp³-hybridized carbons (Fsp3) is 0.625. The Bertz CT molecular complexity index is 668. The molecule has 1 aliphatic heterocycles. The Balaban J connectivity index is 1.73. The summed E-state index contributed by atoms with van der Waals surface area (Å²) in [6.07, 6.45) is 4.35. The van der Waals surface area contributed by atoms with Crippen LogP contribution in [0.4, 0.5) is 0 Å². The summed E-state index contributed by atoms with van der Waals surface area (Å²) < 4.78 is 29.2. The second kappa shape index (κ2) is 6.47. The normalized spacial score (nSPS) is 24.0. The van der Waals surface area contributed by atoms with E-state index in [1.165, 1.54) is 0 Å². The average Bonchev–Trinajstić information content (AvgIpc) is 3.35. The largest absolute Gasteiger partial charge is 0.495 e. The van der Waals surface area contributed by atoms with Crippen molar-refractivity contribution in [3.63, 3.8) is 0 Å². The molecule has 1 saturated heterocycles. The number of nitrogens with zero attached hydrogens (tertiary/aromatic N) is 2. The highest BCUT2D eigenvalue weighted by Gasteiger charge is 2.41. The number of sulfone groups is 1. The van der Waals surface area contributed by atoms with Crippen molar-refractivity contribution in [2.24, 2.45) is 5.92 Å². The Morgan fingerprint density at radius 2 is 2.17 bits per heavy atom. The third-order valence-electron chi connectivity index (χ3n) is 4.53. The third kappa shape index (κ3) is 4.02. The molecule has 1 saturated carbocycles. The molecule has 23 heavy (non-hydrogen) atoms. The molecular weight excluding hydrogens is 316 g/mol. The summed E-state index contributed by atoms with van der Waals surface area (Å²) >= 11 is 0. The zero-order chi connectivity index (χ0) is 16.4. The minimum Gasteiger partial charge on any atom is -0.495 e. The van der Waals surface area contributed by atoms with Crippen LogP contribution >= 0.6 is 0 Å². The van der Waals surface area contributed by atoms with Crippen molar-refractivity contribution in [1.82, 2.24) is 9.88 Å². The first-order valence-corrected chi connectivity index (χ1v) is 9.79. The molecule has 0 bridgehead atoms. The number of methoxy groups -OCH3 is 1. The van der Waals surface area contributed by atoms with Gasteiger partial charge in [0.05, 0.1) is 31.2 Å². The van der Waals surface area contributed by atoms with E-state index in [1.54, 1.807) is 30.3 Å². The van der Waals surface area contributed by atoms with Crippen molar-refractivity contribution in [2.45, 2.75) is 31.7 Å². The Hall–Kier alpha value is -1.63. The molecule has 2 fully saturated rings. The quantitative estimate of drug-likeness (QED) is 0.820. The highest BCUT2D eigenvalue weighted by molar-refractivity contribution is 7.91. The van der Waals surface area contributed by atoms with Gasteiger partial charge in [-0.3, -0.25) is 9.78 Å². The molecule has 7 heteroatoms. The maximum Gasteiger partial charge on any atom is 0.228 e. The zero-order valence-corrected chi connectivity index (χ0v) is 14.1. The lowest BCUT2D eigenvalue weighted by Crippen LogP contribution is -2.45. The van der Waals surface area contributed by atoms with Gasteiger partial charge >= 0.3 is 0 Å². The first-order chi connectivity index (χ1) is 11.0. The molecule has 0 N–H and O–H groups in total. The Labute approximate surface area is 136 Å². The maximum atomic E-state index is 12.7.